The zero-order valence-corrected chi connectivity index (χ0v) is 21.1. The number of aliphatic imine (C=N–C) groups is 1. The highest BCUT2D eigenvalue weighted by Crippen LogP contribution is 2.30. The quantitative estimate of drug-likeness (QED) is 0.292. The van der Waals surface area contributed by atoms with Crippen molar-refractivity contribution in [2.24, 2.45) is 10.9 Å². The summed E-state index contributed by atoms with van der Waals surface area (Å²) in [5, 5.41) is 6.54. The van der Waals surface area contributed by atoms with Gasteiger partial charge in [-0.1, -0.05) is 6.42 Å². The molecule has 2 unspecified atom stereocenters. The molecule has 0 bridgehead atoms. The summed E-state index contributed by atoms with van der Waals surface area (Å²) < 4.78 is 61.5. The summed E-state index contributed by atoms with van der Waals surface area (Å²) in [5.41, 5.74) is -5.23. The van der Waals surface area contributed by atoms with Gasteiger partial charge in [0.05, 0.1) is 0 Å². The van der Waals surface area contributed by atoms with Crippen molar-refractivity contribution >= 4 is 40.0 Å². The summed E-state index contributed by atoms with van der Waals surface area (Å²) >= 11 is 0. The van der Waals surface area contributed by atoms with Gasteiger partial charge in [0.25, 0.3) is 0 Å². The SMILES string of the molecule is CN=C(NCC1CCN(S(=O)(=O)C(F)(F)F)CC1)NCC(C)N1CCCCC1C.I. The largest absolute Gasteiger partial charge is 0.511 e. The van der Waals surface area contributed by atoms with Crippen LogP contribution in [0.3, 0.4) is 0 Å². The fourth-order valence-electron chi connectivity index (χ4n) is 4.10. The number of likely N-dealkylation sites (tertiary alicyclic amines) is 1. The van der Waals surface area contributed by atoms with E-state index >= 15 is 0 Å². The Kier molecular flexibility index (Phi) is 11.1. The Morgan fingerprint density at radius 2 is 1.77 bits per heavy atom. The minimum Gasteiger partial charge on any atom is -0.356 e. The summed E-state index contributed by atoms with van der Waals surface area (Å²) in [5.74, 6) is 0.764. The van der Waals surface area contributed by atoms with Gasteiger partial charge in [-0.05, 0) is 52.0 Å². The molecule has 0 aliphatic carbocycles. The van der Waals surface area contributed by atoms with Gasteiger partial charge < -0.3 is 10.6 Å². The summed E-state index contributed by atoms with van der Waals surface area (Å²) in [4.78, 5) is 6.72. The molecule has 12 heteroatoms. The van der Waals surface area contributed by atoms with Crippen LogP contribution in [0.2, 0.25) is 0 Å². The smallest absolute Gasteiger partial charge is 0.356 e. The van der Waals surface area contributed by atoms with Gasteiger partial charge in [0.2, 0.25) is 0 Å². The Labute approximate surface area is 195 Å². The molecule has 0 spiro atoms. The van der Waals surface area contributed by atoms with Crippen molar-refractivity contribution in [1.82, 2.24) is 19.8 Å². The van der Waals surface area contributed by atoms with Crippen LogP contribution >= 0.6 is 24.0 Å². The van der Waals surface area contributed by atoms with Crippen molar-refractivity contribution in [1.29, 1.82) is 0 Å². The molecule has 2 rings (SSSR count). The lowest BCUT2D eigenvalue weighted by molar-refractivity contribution is -0.0496. The van der Waals surface area contributed by atoms with Crippen molar-refractivity contribution in [2.75, 3.05) is 39.8 Å². The van der Waals surface area contributed by atoms with Crippen LogP contribution in [0.25, 0.3) is 0 Å². The molecule has 0 aromatic heterocycles. The minimum atomic E-state index is -5.23. The van der Waals surface area contributed by atoms with E-state index in [2.05, 4.69) is 34.4 Å². The van der Waals surface area contributed by atoms with Gasteiger partial charge in [0.1, 0.15) is 0 Å². The summed E-state index contributed by atoms with van der Waals surface area (Å²) in [6, 6.07) is 0.952. The van der Waals surface area contributed by atoms with Crippen LogP contribution < -0.4 is 10.6 Å². The maximum atomic E-state index is 12.7. The van der Waals surface area contributed by atoms with Crippen molar-refractivity contribution < 1.29 is 21.6 Å². The van der Waals surface area contributed by atoms with Crippen LogP contribution in [-0.4, -0.2) is 80.9 Å². The predicted octanol–water partition coefficient (Wildman–Crippen LogP) is 2.59. The first-order valence-corrected chi connectivity index (χ1v) is 11.8. The number of hydrogen-bond donors (Lipinski definition) is 2. The van der Waals surface area contributed by atoms with Gasteiger partial charge in [-0.25, -0.2) is 8.42 Å². The molecule has 2 fully saturated rings. The first-order chi connectivity index (χ1) is 13.6. The highest BCUT2D eigenvalue weighted by atomic mass is 127. The predicted molar refractivity (Wildman–Crippen MR) is 124 cm³/mol. The number of nitrogens with one attached hydrogen (secondary N) is 2. The topological polar surface area (TPSA) is 77.0 Å². The second-order valence-electron chi connectivity index (χ2n) is 8.06. The van der Waals surface area contributed by atoms with Crippen molar-refractivity contribution in [3.63, 3.8) is 0 Å². The highest BCUT2D eigenvalue weighted by molar-refractivity contribution is 14.0. The van der Waals surface area contributed by atoms with E-state index in [9.17, 15) is 21.6 Å². The van der Waals surface area contributed by atoms with E-state index < -0.39 is 15.5 Å². The van der Waals surface area contributed by atoms with Crippen LogP contribution in [0.1, 0.15) is 46.0 Å². The molecule has 0 amide bonds. The number of piperidine rings is 2. The Bertz CT molecular complexity index is 655. The van der Waals surface area contributed by atoms with E-state index in [1.807, 2.05) is 0 Å². The second-order valence-corrected chi connectivity index (χ2v) is 9.99. The molecule has 0 aromatic rings. The molecule has 2 aliphatic heterocycles. The van der Waals surface area contributed by atoms with Crippen LogP contribution in [0, 0.1) is 5.92 Å². The molecule has 178 valence electrons. The van der Waals surface area contributed by atoms with Crippen LogP contribution in [-0.2, 0) is 10.0 Å². The number of guanidine groups is 1. The molecule has 2 aliphatic rings. The molecular weight excluding hydrogens is 534 g/mol. The van der Waals surface area contributed by atoms with E-state index in [1.165, 1.54) is 19.3 Å². The van der Waals surface area contributed by atoms with E-state index in [-0.39, 0.29) is 43.0 Å². The van der Waals surface area contributed by atoms with Gasteiger partial charge in [-0.2, -0.15) is 17.5 Å². The molecule has 7 nitrogen and oxygen atoms in total. The summed E-state index contributed by atoms with van der Waals surface area (Å²) in [7, 11) is -3.54. The lowest BCUT2D eigenvalue weighted by Crippen LogP contribution is -2.51. The number of sulfonamides is 1. The van der Waals surface area contributed by atoms with Crippen molar-refractivity contribution in [3.8, 4) is 0 Å². The van der Waals surface area contributed by atoms with Gasteiger partial charge in [-0.3, -0.25) is 9.89 Å². The van der Waals surface area contributed by atoms with Gasteiger partial charge in [0.15, 0.2) is 5.96 Å². The average Bonchev–Trinajstić information content (AvgIpc) is 2.67. The van der Waals surface area contributed by atoms with Crippen LogP contribution in [0.4, 0.5) is 13.2 Å². The Hall–Kier alpha value is -0.340. The summed E-state index contributed by atoms with van der Waals surface area (Å²) in [6.45, 7) is 6.65. The Morgan fingerprint density at radius 3 is 2.30 bits per heavy atom. The van der Waals surface area contributed by atoms with Crippen LogP contribution in [0.5, 0.6) is 0 Å². The zero-order valence-electron chi connectivity index (χ0n) is 17.9. The van der Waals surface area contributed by atoms with Gasteiger partial charge >= 0.3 is 15.5 Å². The number of nitrogens with zero attached hydrogens (tertiary/aromatic N) is 3. The zero-order chi connectivity index (χ0) is 21.7. The fraction of sp³-hybridized carbons (Fsp3) is 0.944. The Balaban J connectivity index is 0.00000450. The normalized spacial score (nSPS) is 24.2. The fourth-order valence-corrected chi connectivity index (χ4v) is 5.08. The third-order valence-corrected chi connectivity index (χ3v) is 7.60. The van der Waals surface area contributed by atoms with E-state index in [4.69, 9.17) is 0 Å². The standard InChI is InChI=1S/C18H34F3N5O2S.HI/c1-14-6-4-5-9-26(14)15(2)12-23-17(22-3)24-13-16-7-10-25(11-8-16)29(27,28)18(19,20)21;/h14-16H,4-13H2,1-3H3,(H2,22,23,24);1H. The third-order valence-electron chi connectivity index (χ3n) is 5.97. The molecule has 2 saturated heterocycles. The van der Waals surface area contributed by atoms with Crippen molar-refractivity contribution in [3.05, 3.63) is 0 Å². The highest BCUT2D eigenvalue weighted by Gasteiger charge is 2.50. The monoisotopic (exact) mass is 569 g/mol. The van der Waals surface area contributed by atoms with E-state index in [1.54, 1.807) is 7.05 Å². The lowest BCUT2D eigenvalue weighted by atomic mass is 9.98. The molecular formula is C18H35F3IN5O2S. The molecule has 2 atom stereocenters. The Morgan fingerprint density at radius 1 is 1.13 bits per heavy atom. The van der Waals surface area contributed by atoms with Crippen LogP contribution in [0.15, 0.2) is 4.99 Å². The average molecular weight is 569 g/mol. The molecule has 30 heavy (non-hydrogen) atoms. The molecule has 2 heterocycles. The third kappa shape index (κ3) is 7.37. The maximum Gasteiger partial charge on any atom is 0.511 e. The van der Waals surface area contributed by atoms with Gasteiger partial charge in [0, 0.05) is 45.3 Å². The molecule has 2 N–H and O–H groups in total. The number of halogens is 4. The van der Waals surface area contributed by atoms with E-state index in [0.717, 1.165) is 13.1 Å². The van der Waals surface area contributed by atoms with Crippen molar-refractivity contribution in [2.45, 2.75) is 63.5 Å². The number of rotatable bonds is 6. The number of hydrogen-bond acceptors (Lipinski definition) is 4. The number of alkyl halides is 3. The lowest BCUT2D eigenvalue weighted by Gasteiger charge is -2.38. The first-order valence-electron chi connectivity index (χ1n) is 10.3. The molecule has 0 saturated carbocycles. The molecule has 0 radical (unpaired) electrons. The first kappa shape index (κ1) is 27.7. The maximum absolute atomic E-state index is 12.7. The van der Waals surface area contributed by atoms with Gasteiger partial charge in [-0.15, -0.1) is 24.0 Å². The molecule has 0 aromatic carbocycles. The van der Waals surface area contributed by atoms with E-state index in [0.29, 0.717) is 41.7 Å². The minimum absolute atomic E-state index is 0. The second kappa shape index (κ2) is 12.0. The summed E-state index contributed by atoms with van der Waals surface area (Å²) in [6.07, 6.45) is 4.51.